The van der Waals surface area contributed by atoms with Crippen LogP contribution in [-0.2, 0) is 4.74 Å². The molecule has 1 aliphatic carbocycles. The van der Waals surface area contributed by atoms with Crippen molar-refractivity contribution < 1.29 is 9.94 Å². The van der Waals surface area contributed by atoms with Crippen LogP contribution in [0.5, 0.6) is 0 Å². The number of rotatable bonds is 7. The van der Waals surface area contributed by atoms with Gasteiger partial charge in [0, 0.05) is 6.54 Å². The van der Waals surface area contributed by atoms with Gasteiger partial charge in [0.15, 0.2) is 5.84 Å². The Morgan fingerprint density at radius 3 is 2.81 bits per heavy atom. The summed E-state index contributed by atoms with van der Waals surface area (Å²) in [6.07, 6.45) is 6.22. The Balaban J connectivity index is 2.08. The van der Waals surface area contributed by atoms with E-state index < -0.39 is 0 Å². The third-order valence-electron chi connectivity index (χ3n) is 3.03. The Morgan fingerprint density at radius 2 is 2.25 bits per heavy atom. The predicted octanol–water partition coefficient (Wildman–Crippen LogP) is 1.06. The van der Waals surface area contributed by atoms with E-state index in [1.54, 1.807) is 0 Å². The lowest BCUT2D eigenvalue weighted by molar-refractivity contribution is 0.0598. The SMILES string of the molecule is CCC(NCCOC1CCCC1)C(N)=NO. The van der Waals surface area contributed by atoms with Crippen LogP contribution in [-0.4, -0.2) is 36.3 Å². The minimum Gasteiger partial charge on any atom is -0.409 e. The van der Waals surface area contributed by atoms with Gasteiger partial charge in [0.2, 0.25) is 0 Å². The lowest BCUT2D eigenvalue weighted by atomic mass is 10.2. The number of hydrogen-bond acceptors (Lipinski definition) is 4. The van der Waals surface area contributed by atoms with Crippen LogP contribution in [0.15, 0.2) is 5.16 Å². The van der Waals surface area contributed by atoms with Crippen molar-refractivity contribution in [3.63, 3.8) is 0 Å². The lowest BCUT2D eigenvalue weighted by Crippen LogP contribution is -2.42. The summed E-state index contributed by atoms with van der Waals surface area (Å²) in [7, 11) is 0. The Labute approximate surface area is 97.0 Å². The Morgan fingerprint density at radius 1 is 1.56 bits per heavy atom. The van der Waals surface area contributed by atoms with Crippen LogP contribution in [0, 0.1) is 0 Å². The van der Waals surface area contributed by atoms with Crippen LogP contribution in [0.3, 0.4) is 0 Å². The van der Waals surface area contributed by atoms with Crippen LogP contribution in [0.1, 0.15) is 39.0 Å². The van der Waals surface area contributed by atoms with E-state index in [2.05, 4.69) is 10.5 Å². The summed E-state index contributed by atoms with van der Waals surface area (Å²) in [5, 5.41) is 14.8. The van der Waals surface area contributed by atoms with E-state index >= 15 is 0 Å². The third-order valence-corrected chi connectivity index (χ3v) is 3.03. The monoisotopic (exact) mass is 229 g/mol. The molecule has 4 N–H and O–H groups in total. The summed E-state index contributed by atoms with van der Waals surface area (Å²) in [4.78, 5) is 0. The normalized spacial score (nSPS) is 20.2. The summed E-state index contributed by atoms with van der Waals surface area (Å²) in [6, 6.07) is -0.0582. The zero-order valence-corrected chi connectivity index (χ0v) is 9.98. The fourth-order valence-corrected chi connectivity index (χ4v) is 2.04. The molecule has 1 rings (SSSR count). The molecule has 5 nitrogen and oxygen atoms in total. The summed E-state index contributed by atoms with van der Waals surface area (Å²) in [6.45, 7) is 3.43. The molecule has 0 saturated heterocycles. The number of nitrogens with two attached hydrogens (primary N) is 1. The van der Waals surface area contributed by atoms with Crippen LogP contribution in [0.2, 0.25) is 0 Å². The molecule has 0 heterocycles. The van der Waals surface area contributed by atoms with Gasteiger partial charge in [0.1, 0.15) is 0 Å². The molecule has 16 heavy (non-hydrogen) atoms. The molecule has 1 aliphatic rings. The number of hydrogen-bond donors (Lipinski definition) is 3. The van der Waals surface area contributed by atoms with E-state index in [0.717, 1.165) is 13.0 Å². The average molecular weight is 229 g/mol. The van der Waals surface area contributed by atoms with Gasteiger partial charge >= 0.3 is 0 Å². The van der Waals surface area contributed by atoms with Crippen molar-refractivity contribution in [2.45, 2.75) is 51.2 Å². The first kappa shape index (κ1) is 13.3. The van der Waals surface area contributed by atoms with Crippen molar-refractivity contribution in [3.8, 4) is 0 Å². The smallest absolute Gasteiger partial charge is 0.156 e. The number of nitrogens with zero attached hydrogens (tertiary/aromatic N) is 1. The second-order valence-electron chi connectivity index (χ2n) is 4.22. The molecule has 0 aromatic carbocycles. The van der Waals surface area contributed by atoms with Gasteiger partial charge in [-0.1, -0.05) is 24.9 Å². The van der Waals surface area contributed by atoms with Crippen molar-refractivity contribution >= 4 is 5.84 Å². The van der Waals surface area contributed by atoms with Crippen molar-refractivity contribution in [1.82, 2.24) is 5.32 Å². The van der Waals surface area contributed by atoms with Crippen LogP contribution < -0.4 is 11.1 Å². The van der Waals surface area contributed by atoms with E-state index in [-0.39, 0.29) is 11.9 Å². The molecule has 0 aromatic heterocycles. The molecular weight excluding hydrogens is 206 g/mol. The maximum atomic E-state index is 8.56. The van der Waals surface area contributed by atoms with Gasteiger partial charge < -0.3 is 21.0 Å². The summed E-state index contributed by atoms with van der Waals surface area (Å²) < 4.78 is 5.71. The molecule has 0 spiro atoms. The second-order valence-corrected chi connectivity index (χ2v) is 4.22. The first-order chi connectivity index (χ1) is 7.77. The van der Waals surface area contributed by atoms with E-state index in [1.807, 2.05) is 6.92 Å². The third kappa shape index (κ3) is 4.37. The Bertz CT molecular complexity index is 215. The van der Waals surface area contributed by atoms with Crippen molar-refractivity contribution in [2.75, 3.05) is 13.2 Å². The van der Waals surface area contributed by atoms with Gasteiger partial charge in [-0.05, 0) is 19.3 Å². The summed E-state index contributed by atoms with van der Waals surface area (Å²) >= 11 is 0. The number of nitrogens with one attached hydrogen (secondary N) is 1. The molecule has 0 aromatic rings. The minimum absolute atomic E-state index is 0.0582. The highest BCUT2D eigenvalue weighted by molar-refractivity contribution is 5.85. The van der Waals surface area contributed by atoms with E-state index in [4.69, 9.17) is 15.7 Å². The van der Waals surface area contributed by atoms with E-state index in [0.29, 0.717) is 12.7 Å². The molecular formula is C11H23N3O2. The van der Waals surface area contributed by atoms with E-state index in [9.17, 15) is 0 Å². The van der Waals surface area contributed by atoms with Gasteiger partial charge in [-0.3, -0.25) is 0 Å². The van der Waals surface area contributed by atoms with Crippen LogP contribution >= 0.6 is 0 Å². The van der Waals surface area contributed by atoms with Gasteiger partial charge in [0.05, 0.1) is 18.8 Å². The largest absolute Gasteiger partial charge is 0.409 e. The molecule has 0 radical (unpaired) electrons. The van der Waals surface area contributed by atoms with Gasteiger partial charge in [-0.2, -0.15) is 0 Å². The standard InChI is InChI=1S/C11H23N3O2/c1-2-10(11(12)14-15)13-7-8-16-9-5-3-4-6-9/h9-10,13,15H,2-8H2,1H3,(H2,12,14). The van der Waals surface area contributed by atoms with Crippen molar-refractivity contribution in [1.29, 1.82) is 0 Å². The van der Waals surface area contributed by atoms with Crippen molar-refractivity contribution in [3.05, 3.63) is 0 Å². The highest BCUT2D eigenvalue weighted by Gasteiger charge is 2.15. The number of amidine groups is 1. The quantitative estimate of drug-likeness (QED) is 0.200. The maximum absolute atomic E-state index is 8.56. The lowest BCUT2D eigenvalue weighted by Gasteiger charge is -2.16. The van der Waals surface area contributed by atoms with Crippen LogP contribution in [0.25, 0.3) is 0 Å². The fourth-order valence-electron chi connectivity index (χ4n) is 2.04. The first-order valence-corrected chi connectivity index (χ1v) is 6.10. The summed E-state index contributed by atoms with van der Waals surface area (Å²) in [5.41, 5.74) is 5.53. The molecule has 1 saturated carbocycles. The highest BCUT2D eigenvalue weighted by atomic mass is 16.5. The molecule has 94 valence electrons. The fraction of sp³-hybridized carbons (Fsp3) is 0.909. The topological polar surface area (TPSA) is 79.9 Å². The minimum atomic E-state index is -0.0582. The molecule has 1 fully saturated rings. The molecule has 5 heteroatoms. The molecule has 0 bridgehead atoms. The number of oxime groups is 1. The highest BCUT2D eigenvalue weighted by Crippen LogP contribution is 2.20. The zero-order valence-electron chi connectivity index (χ0n) is 9.98. The predicted molar refractivity (Wildman–Crippen MR) is 63.7 cm³/mol. The van der Waals surface area contributed by atoms with E-state index in [1.165, 1.54) is 25.7 Å². The van der Waals surface area contributed by atoms with Gasteiger partial charge in [-0.15, -0.1) is 0 Å². The molecule has 0 aliphatic heterocycles. The Kier molecular flexibility index (Phi) is 6.18. The second kappa shape index (κ2) is 7.46. The number of ether oxygens (including phenoxy) is 1. The van der Waals surface area contributed by atoms with Crippen molar-refractivity contribution in [2.24, 2.45) is 10.9 Å². The summed E-state index contributed by atoms with van der Waals surface area (Å²) in [5.74, 6) is 0.239. The first-order valence-electron chi connectivity index (χ1n) is 6.10. The van der Waals surface area contributed by atoms with Gasteiger partial charge in [-0.25, -0.2) is 0 Å². The molecule has 0 amide bonds. The average Bonchev–Trinajstić information content (AvgIpc) is 2.81. The maximum Gasteiger partial charge on any atom is 0.156 e. The zero-order chi connectivity index (χ0) is 11.8. The molecule has 1 atom stereocenters. The molecule has 1 unspecified atom stereocenters. The Hall–Kier alpha value is -0.810. The van der Waals surface area contributed by atoms with Crippen LogP contribution in [0.4, 0.5) is 0 Å². The van der Waals surface area contributed by atoms with Gasteiger partial charge in [0.25, 0.3) is 0 Å².